The number of ether oxygens (including phenoxy) is 3. The standard InChI is InChI=1S/C24H28F3NO4/c1-5-6-12-31-21-15-17(2)22(18(3)16-21)32-14-7-13-30-20-10-8-19(9-11-20)23(28-29-4)24(25,26)27/h5-6,8-11,15-16H,7,12-14H2,1-4H3/b6-5+,28-23?. The largest absolute Gasteiger partial charge is 0.493 e. The van der Waals surface area contributed by atoms with Crippen LogP contribution >= 0.6 is 0 Å². The van der Waals surface area contributed by atoms with Crippen molar-refractivity contribution in [3.63, 3.8) is 0 Å². The first kappa shape index (κ1) is 25.1. The van der Waals surface area contributed by atoms with Gasteiger partial charge in [-0.15, -0.1) is 0 Å². The minimum atomic E-state index is -4.61. The Bertz CT molecular complexity index is 899. The van der Waals surface area contributed by atoms with Crippen molar-refractivity contribution in [2.45, 2.75) is 33.4 Å². The van der Waals surface area contributed by atoms with E-state index in [0.717, 1.165) is 29.7 Å². The first-order chi connectivity index (χ1) is 15.3. The zero-order valence-electron chi connectivity index (χ0n) is 18.7. The molecule has 0 aliphatic heterocycles. The molecule has 0 heterocycles. The number of hydrogen-bond acceptors (Lipinski definition) is 5. The van der Waals surface area contributed by atoms with E-state index in [-0.39, 0.29) is 5.56 Å². The summed E-state index contributed by atoms with van der Waals surface area (Å²) in [4.78, 5) is 4.30. The zero-order chi connectivity index (χ0) is 23.6. The Morgan fingerprint density at radius 1 is 0.938 bits per heavy atom. The van der Waals surface area contributed by atoms with Gasteiger partial charge in [0.1, 0.15) is 31.0 Å². The van der Waals surface area contributed by atoms with E-state index in [1.54, 1.807) is 0 Å². The van der Waals surface area contributed by atoms with Gasteiger partial charge >= 0.3 is 6.18 Å². The van der Waals surface area contributed by atoms with Crippen molar-refractivity contribution in [2.75, 3.05) is 26.9 Å². The van der Waals surface area contributed by atoms with Crippen LogP contribution in [-0.4, -0.2) is 38.8 Å². The summed E-state index contributed by atoms with van der Waals surface area (Å²) in [5, 5.41) is 3.07. The van der Waals surface area contributed by atoms with E-state index in [2.05, 4.69) is 9.99 Å². The van der Waals surface area contributed by atoms with E-state index in [0.29, 0.717) is 32.0 Å². The Morgan fingerprint density at radius 2 is 1.56 bits per heavy atom. The summed E-state index contributed by atoms with van der Waals surface area (Å²) in [6.45, 7) is 7.19. The van der Waals surface area contributed by atoms with Crippen LogP contribution in [0.25, 0.3) is 0 Å². The summed E-state index contributed by atoms with van der Waals surface area (Å²) in [7, 11) is 1.07. The molecule has 0 aliphatic rings. The van der Waals surface area contributed by atoms with Gasteiger partial charge in [0, 0.05) is 12.0 Å². The molecule has 0 radical (unpaired) electrons. The summed E-state index contributed by atoms with van der Waals surface area (Å²) in [6.07, 6.45) is -0.129. The van der Waals surface area contributed by atoms with Crippen molar-refractivity contribution in [3.8, 4) is 17.2 Å². The molecule has 0 aliphatic carbocycles. The highest BCUT2D eigenvalue weighted by Gasteiger charge is 2.37. The predicted molar refractivity (Wildman–Crippen MR) is 118 cm³/mol. The quantitative estimate of drug-likeness (QED) is 0.181. The van der Waals surface area contributed by atoms with E-state index in [9.17, 15) is 13.2 Å². The van der Waals surface area contributed by atoms with E-state index < -0.39 is 11.9 Å². The molecule has 174 valence electrons. The minimum absolute atomic E-state index is 0.0980. The molecule has 0 saturated carbocycles. The number of benzene rings is 2. The van der Waals surface area contributed by atoms with Crippen molar-refractivity contribution < 1.29 is 32.2 Å². The van der Waals surface area contributed by atoms with Crippen molar-refractivity contribution in [2.24, 2.45) is 5.16 Å². The number of halogens is 3. The van der Waals surface area contributed by atoms with Crippen LogP contribution < -0.4 is 14.2 Å². The maximum atomic E-state index is 13.0. The van der Waals surface area contributed by atoms with E-state index >= 15 is 0 Å². The van der Waals surface area contributed by atoms with E-state index in [1.165, 1.54) is 24.3 Å². The van der Waals surface area contributed by atoms with Crippen LogP contribution in [0.5, 0.6) is 17.2 Å². The fraction of sp³-hybridized carbons (Fsp3) is 0.375. The van der Waals surface area contributed by atoms with Gasteiger partial charge in [-0.25, -0.2) is 0 Å². The monoisotopic (exact) mass is 451 g/mol. The number of hydrogen-bond donors (Lipinski definition) is 0. The lowest BCUT2D eigenvalue weighted by molar-refractivity contribution is -0.0608. The summed E-state index contributed by atoms with van der Waals surface area (Å²) >= 11 is 0. The normalized spacial score (nSPS) is 12.2. The number of rotatable bonds is 11. The first-order valence-electron chi connectivity index (χ1n) is 10.2. The summed E-state index contributed by atoms with van der Waals surface area (Å²) in [6, 6.07) is 9.40. The van der Waals surface area contributed by atoms with E-state index in [1.807, 2.05) is 45.1 Å². The van der Waals surface area contributed by atoms with Gasteiger partial charge in [0.15, 0.2) is 5.71 Å². The fourth-order valence-corrected chi connectivity index (χ4v) is 2.95. The Hall–Kier alpha value is -3.16. The van der Waals surface area contributed by atoms with Crippen molar-refractivity contribution in [1.29, 1.82) is 0 Å². The lowest BCUT2D eigenvalue weighted by atomic mass is 10.1. The molecule has 0 fully saturated rings. The molecule has 0 spiro atoms. The third kappa shape index (κ3) is 7.51. The fourth-order valence-electron chi connectivity index (χ4n) is 2.95. The maximum absolute atomic E-state index is 13.0. The van der Waals surface area contributed by atoms with Gasteiger partial charge in [-0.05, 0) is 68.3 Å². The second-order valence-corrected chi connectivity index (χ2v) is 6.96. The molecule has 0 aromatic heterocycles. The van der Waals surface area contributed by atoms with Gasteiger partial charge in [0.05, 0.1) is 13.2 Å². The van der Waals surface area contributed by atoms with Crippen LogP contribution in [-0.2, 0) is 4.84 Å². The maximum Gasteiger partial charge on any atom is 0.437 e. The molecule has 5 nitrogen and oxygen atoms in total. The number of alkyl halides is 3. The lowest BCUT2D eigenvalue weighted by Crippen LogP contribution is -2.24. The number of nitrogens with zero attached hydrogens (tertiary/aromatic N) is 1. The molecule has 0 unspecified atom stereocenters. The van der Waals surface area contributed by atoms with Gasteiger partial charge in [0.2, 0.25) is 0 Å². The molecule has 0 N–H and O–H groups in total. The van der Waals surface area contributed by atoms with Crippen molar-refractivity contribution in [1.82, 2.24) is 0 Å². The molecule has 0 amide bonds. The molecule has 0 atom stereocenters. The van der Waals surface area contributed by atoms with E-state index in [4.69, 9.17) is 14.2 Å². The SMILES string of the molecule is C/C=C/COc1cc(C)c(OCCCOc2ccc(C(=NOC)C(F)(F)F)cc2)c(C)c1. The molecule has 0 bridgehead atoms. The van der Waals surface area contributed by atoms with Gasteiger partial charge < -0.3 is 19.0 Å². The number of allylic oxidation sites excluding steroid dienone is 1. The predicted octanol–water partition coefficient (Wildman–Crippen LogP) is 6.02. The molecule has 2 aromatic carbocycles. The Kier molecular flexibility index (Phi) is 9.43. The van der Waals surface area contributed by atoms with Gasteiger partial charge in [-0.2, -0.15) is 13.2 Å². The van der Waals surface area contributed by atoms with Crippen molar-refractivity contribution in [3.05, 3.63) is 65.2 Å². The first-order valence-corrected chi connectivity index (χ1v) is 10.2. The third-order valence-corrected chi connectivity index (χ3v) is 4.40. The molecule has 32 heavy (non-hydrogen) atoms. The topological polar surface area (TPSA) is 49.3 Å². The van der Waals surface area contributed by atoms with Gasteiger partial charge in [-0.3, -0.25) is 0 Å². The van der Waals surface area contributed by atoms with Crippen molar-refractivity contribution >= 4 is 5.71 Å². The average Bonchev–Trinajstić information content (AvgIpc) is 2.73. The second-order valence-electron chi connectivity index (χ2n) is 6.96. The smallest absolute Gasteiger partial charge is 0.437 e. The molecule has 2 rings (SSSR count). The molecule has 8 heteroatoms. The summed E-state index contributed by atoms with van der Waals surface area (Å²) in [5.41, 5.74) is 0.772. The highest BCUT2D eigenvalue weighted by atomic mass is 19.4. The third-order valence-electron chi connectivity index (χ3n) is 4.40. The van der Waals surface area contributed by atoms with Crippen LogP contribution in [0.1, 0.15) is 30.0 Å². The average molecular weight is 451 g/mol. The Balaban J connectivity index is 1.83. The molecular formula is C24H28F3NO4. The number of oxime groups is 1. The second kappa shape index (κ2) is 12.0. The Labute approximate surface area is 186 Å². The lowest BCUT2D eigenvalue weighted by Gasteiger charge is -2.15. The highest BCUT2D eigenvalue weighted by molar-refractivity contribution is 6.04. The molecule has 0 saturated heterocycles. The van der Waals surface area contributed by atoms with Gasteiger partial charge in [0.25, 0.3) is 0 Å². The zero-order valence-corrected chi connectivity index (χ0v) is 18.7. The van der Waals surface area contributed by atoms with Gasteiger partial charge in [-0.1, -0.05) is 17.3 Å². The van der Waals surface area contributed by atoms with Crippen LogP contribution in [0.2, 0.25) is 0 Å². The minimum Gasteiger partial charge on any atom is -0.493 e. The van der Waals surface area contributed by atoms with Crippen LogP contribution in [0.3, 0.4) is 0 Å². The summed E-state index contributed by atoms with van der Waals surface area (Å²) < 4.78 is 56.2. The number of aryl methyl sites for hydroxylation is 2. The van der Waals surface area contributed by atoms with Crippen LogP contribution in [0.4, 0.5) is 13.2 Å². The summed E-state index contributed by atoms with van der Waals surface area (Å²) in [5.74, 6) is 2.06. The molecular weight excluding hydrogens is 423 g/mol. The highest BCUT2D eigenvalue weighted by Crippen LogP contribution is 2.29. The molecule has 2 aromatic rings. The van der Waals surface area contributed by atoms with Crippen LogP contribution in [0, 0.1) is 13.8 Å². The van der Waals surface area contributed by atoms with Crippen LogP contribution in [0.15, 0.2) is 53.7 Å². The Morgan fingerprint density at radius 3 is 2.12 bits per heavy atom.